The highest BCUT2D eigenvalue weighted by atomic mass is 32.2. The number of sulfone groups is 1. The minimum Gasteiger partial charge on any atom is -0.377 e. The lowest BCUT2D eigenvalue weighted by molar-refractivity contribution is 0.545. The quantitative estimate of drug-likeness (QED) is 0.911. The summed E-state index contributed by atoms with van der Waals surface area (Å²) in [4.78, 5) is 0.339. The summed E-state index contributed by atoms with van der Waals surface area (Å²) in [7, 11) is -3.25. The lowest BCUT2D eigenvalue weighted by Crippen LogP contribution is -2.18. The number of anilines is 1. The maximum Gasteiger partial charge on any atom is 0.177 e. The molecule has 0 aliphatic heterocycles. The van der Waals surface area contributed by atoms with Gasteiger partial charge in [0.15, 0.2) is 9.84 Å². The van der Waals surface area contributed by atoms with Crippen molar-refractivity contribution in [1.82, 2.24) is 0 Å². The van der Waals surface area contributed by atoms with Gasteiger partial charge in [-0.15, -0.1) is 0 Å². The molecule has 0 aliphatic rings. The van der Waals surface area contributed by atoms with E-state index < -0.39 is 9.84 Å². The summed E-state index contributed by atoms with van der Waals surface area (Å²) in [6, 6.07) is 17.2. The topological polar surface area (TPSA) is 46.2 Å². The van der Waals surface area contributed by atoms with E-state index in [-0.39, 0.29) is 6.04 Å². The predicted octanol–water partition coefficient (Wildman–Crippen LogP) is 3.90. The van der Waals surface area contributed by atoms with E-state index in [1.165, 1.54) is 6.26 Å². The Morgan fingerprint density at radius 1 is 0.905 bits per heavy atom. The van der Waals surface area contributed by atoms with Crippen LogP contribution in [0.15, 0.2) is 59.5 Å². The van der Waals surface area contributed by atoms with Gasteiger partial charge in [0.1, 0.15) is 0 Å². The molecule has 1 unspecified atom stereocenters. The minimum absolute atomic E-state index is 0.0640. The van der Waals surface area contributed by atoms with Crippen LogP contribution in [0.25, 0.3) is 0 Å². The maximum atomic E-state index is 11.9. The third-order valence-electron chi connectivity index (χ3n) is 3.42. The fourth-order valence-electron chi connectivity index (χ4n) is 2.37. The molecule has 0 fully saturated rings. The lowest BCUT2D eigenvalue weighted by Gasteiger charge is -2.25. The molecule has 0 saturated carbocycles. The van der Waals surface area contributed by atoms with Gasteiger partial charge >= 0.3 is 0 Å². The van der Waals surface area contributed by atoms with Crippen molar-refractivity contribution in [3.8, 4) is 0 Å². The molecule has 0 radical (unpaired) electrons. The molecule has 1 N–H and O–H groups in total. The van der Waals surface area contributed by atoms with Gasteiger partial charge in [-0.2, -0.15) is 0 Å². The van der Waals surface area contributed by atoms with Gasteiger partial charge in [-0.3, -0.25) is 0 Å². The van der Waals surface area contributed by atoms with E-state index in [1.807, 2.05) is 30.3 Å². The van der Waals surface area contributed by atoms with Crippen molar-refractivity contribution >= 4 is 15.5 Å². The monoisotopic (exact) mass is 303 g/mol. The van der Waals surface area contributed by atoms with Crippen LogP contribution < -0.4 is 5.32 Å². The summed E-state index contributed by atoms with van der Waals surface area (Å²) in [5.41, 5.74) is 1.80. The highest BCUT2D eigenvalue weighted by Gasteiger charge is 2.19. The largest absolute Gasteiger partial charge is 0.377 e. The van der Waals surface area contributed by atoms with E-state index in [4.69, 9.17) is 0 Å². The molecule has 0 heterocycles. The Hall–Kier alpha value is -1.81. The molecule has 3 nitrogen and oxygen atoms in total. The molecule has 0 saturated heterocycles. The van der Waals surface area contributed by atoms with Crippen LogP contribution in [0.1, 0.15) is 25.5 Å². The number of nitrogens with one attached hydrogen (secondary N) is 1. The van der Waals surface area contributed by atoms with Gasteiger partial charge in [0.05, 0.1) is 16.6 Å². The van der Waals surface area contributed by atoms with Gasteiger partial charge in [0.2, 0.25) is 0 Å². The zero-order valence-corrected chi connectivity index (χ0v) is 13.4. The zero-order valence-electron chi connectivity index (χ0n) is 12.6. The fourth-order valence-corrected chi connectivity index (χ4v) is 3.22. The fraction of sp³-hybridized carbons (Fsp3) is 0.294. The first-order chi connectivity index (χ1) is 9.89. The minimum atomic E-state index is -3.25. The van der Waals surface area contributed by atoms with Crippen LogP contribution in [-0.4, -0.2) is 14.7 Å². The Morgan fingerprint density at radius 3 is 2.05 bits per heavy atom. The Bertz CT molecular complexity index is 694. The number of para-hydroxylation sites is 1. The number of benzene rings is 2. The van der Waals surface area contributed by atoms with Crippen molar-refractivity contribution in [2.24, 2.45) is 5.92 Å². The standard InChI is InChI=1S/C17H21NO2S/c1-13(2)17(14-9-5-4-6-10-14)18-15-11-7-8-12-16(15)21(3,19)20/h4-13,17-18H,1-3H3. The van der Waals surface area contributed by atoms with Gasteiger partial charge in [-0.1, -0.05) is 56.3 Å². The number of hydrogen-bond donors (Lipinski definition) is 1. The molecule has 0 spiro atoms. The van der Waals surface area contributed by atoms with Crippen LogP contribution >= 0.6 is 0 Å². The summed E-state index contributed by atoms with van der Waals surface area (Å²) in [5, 5.41) is 3.39. The van der Waals surface area contributed by atoms with E-state index in [2.05, 4.69) is 31.3 Å². The van der Waals surface area contributed by atoms with Crippen molar-refractivity contribution < 1.29 is 8.42 Å². The van der Waals surface area contributed by atoms with Crippen molar-refractivity contribution in [3.63, 3.8) is 0 Å². The van der Waals surface area contributed by atoms with Crippen molar-refractivity contribution in [3.05, 3.63) is 60.2 Å². The summed E-state index contributed by atoms with van der Waals surface area (Å²) in [5.74, 6) is 0.333. The first-order valence-electron chi connectivity index (χ1n) is 7.00. The molecular formula is C17H21NO2S. The van der Waals surface area contributed by atoms with Gasteiger partial charge in [0.25, 0.3) is 0 Å². The second-order valence-corrected chi connectivity index (χ2v) is 7.53. The normalized spacial score (nSPS) is 13.1. The van der Waals surface area contributed by atoms with Gasteiger partial charge in [-0.25, -0.2) is 8.42 Å². The van der Waals surface area contributed by atoms with Crippen LogP contribution in [-0.2, 0) is 9.84 Å². The van der Waals surface area contributed by atoms with E-state index in [9.17, 15) is 8.42 Å². The van der Waals surface area contributed by atoms with Crippen LogP contribution in [0, 0.1) is 5.92 Å². The van der Waals surface area contributed by atoms with E-state index >= 15 is 0 Å². The summed E-state index contributed by atoms with van der Waals surface area (Å²) >= 11 is 0. The lowest BCUT2D eigenvalue weighted by atomic mass is 9.96. The maximum absolute atomic E-state index is 11.9. The average molecular weight is 303 g/mol. The zero-order chi connectivity index (χ0) is 15.5. The molecule has 112 valence electrons. The number of rotatable bonds is 5. The molecule has 2 rings (SSSR count). The second kappa shape index (κ2) is 6.31. The Balaban J connectivity index is 2.40. The van der Waals surface area contributed by atoms with Gasteiger partial charge < -0.3 is 5.32 Å². The summed E-state index contributed by atoms with van der Waals surface area (Å²) in [6.45, 7) is 4.24. The molecule has 0 amide bonds. The molecule has 21 heavy (non-hydrogen) atoms. The molecular weight excluding hydrogens is 282 g/mol. The number of hydrogen-bond acceptors (Lipinski definition) is 3. The molecule has 0 aromatic heterocycles. The van der Waals surface area contributed by atoms with Crippen LogP contribution in [0.3, 0.4) is 0 Å². The molecule has 4 heteroatoms. The van der Waals surface area contributed by atoms with E-state index in [0.717, 1.165) is 5.56 Å². The first-order valence-corrected chi connectivity index (χ1v) is 8.89. The molecule has 1 atom stereocenters. The first kappa shape index (κ1) is 15.6. The van der Waals surface area contributed by atoms with Gasteiger partial charge in [-0.05, 0) is 23.6 Å². The predicted molar refractivity (Wildman–Crippen MR) is 87.2 cm³/mol. The molecule has 0 bridgehead atoms. The van der Waals surface area contributed by atoms with E-state index in [0.29, 0.717) is 16.5 Å². The highest BCUT2D eigenvalue weighted by molar-refractivity contribution is 7.90. The Kier molecular flexibility index (Phi) is 4.68. The smallest absolute Gasteiger partial charge is 0.177 e. The van der Waals surface area contributed by atoms with Crippen molar-refractivity contribution in [1.29, 1.82) is 0 Å². The summed E-state index contributed by atoms with van der Waals surface area (Å²) in [6.07, 6.45) is 1.24. The Labute approximate surface area is 126 Å². The van der Waals surface area contributed by atoms with Crippen molar-refractivity contribution in [2.45, 2.75) is 24.8 Å². The third-order valence-corrected chi connectivity index (χ3v) is 4.58. The average Bonchev–Trinajstić information content (AvgIpc) is 2.44. The third kappa shape index (κ3) is 3.85. The molecule has 0 aliphatic carbocycles. The van der Waals surface area contributed by atoms with Crippen LogP contribution in [0.4, 0.5) is 5.69 Å². The summed E-state index contributed by atoms with van der Waals surface area (Å²) < 4.78 is 23.8. The molecule has 2 aromatic carbocycles. The Morgan fingerprint density at radius 2 is 1.48 bits per heavy atom. The molecule has 2 aromatic rings. The van der Waals surface area contributed by atoms with Crippen LogP contribution in [0.5, 0.6) is 0 Å². The van der Waals surface area contributed by atoms with Gasteiger partial charge in [0, 0.05) is 6.26 Å². The van der Waals surface area contributed by atoms with Crippen molar-refractivity contribution in [2.75, 3.05) is 11.6 Å². The second-order valence-electron chi connectivity index (χ2n) is 5.55. The SMILES string of the molecule is CC(C)C(Nc1ccccc1S(C)(=O)=O)c1ccccc1. The highest BCUT2D eigenvalue weighted by Crippen LogP contribution is 2.29. The van der Waals surface area contributed by atoms with E-state index in [1.54, 1.807) is 12.1 Å². The van der Waals surface area contributed by atoms with Crippen LogP contribution in [0.2, 0.25) is 0 Å².